The molecule has 1 saturated heterocycles. The van der Waals surface area contributed by atoms with Crippen LogP contribution in [0.5, 0.6) is 17.2 Å². The maximum absolute atomic E-state index is 13.1. The van der Waals surface area contributed by atoms with E-state index in [1.807, 2.05) is 19.1 Å². The summed E-state index contributed by atoms with van der Waals surface area (Å²) in [7, 11) is 1.51. The number of aromatic hydroxyl groups is 1. The average molecular weight is 598 g/mol. The number of hydrogen-bond donors (Lipinski definition) is 2. The van der Waals surface area contributed by atoms with E-state index >= 15 is 0 Å². The van der Waals surface area contributed by atoms with Crippen LogP contribution in [0.1, 0.15) is 22.3 Å². The van der Waals surface area contributed by atoms with Gasteiger partial charge in [0, 0.05) is 0 Å². The van der Waals surface area contributed by atoms with Gasteiger partial charge in [0.05, 0.1) is 16.4 Å². The lowest BCUT2D eigenvalue weighted by atomic mass is 10.1. The molecule has 0 radical (unpaired) electrons. The maximum Gasteiger partial charge on any atom is 0.335 e. The summed E-state index contributed by atoms with van der Waals surface area (Å²) in [4.78, 5) is 38.8. The van der Waals surface area contributed by atoms with Crippen molar-refractivity contribution in [3.8, 4) is 17.2 Å². The molecular formula is C27H23IN2O6. The van der Waals surface area contributed by atoms with Crippen molar-refractivity contribution >= 4 is 52.2 Å². The second-order valence-electron chi connectivity index (χ2n) is 8.22. The molecule has 0 unspecified atom stereocenters. The van der Waals surface area contributed by atoms with Crippen LogP contribution in [-0.2, 0) is 16.2 Å². The number of carbonyl (C=O) groups is 3. The molecule has 0 aliphatic carbocycles. The van der Waals surface area contributed by atoms with Crippen molar-refractivity contribution in [2.75, 3.05) is 12.0 Å². The van der Waals surface area contributed by atoms with Crippen LogP contribution < -0.4 is 19.7 Å². The summed E-state index contributed by atoms with van der Waals surface area (Å²) in [6.07, 6.45) is 1.40. The Balaban J connectivity index is 1.63. The van der Waals surface area contributed by atoms with Crippen LogP contribution in [0.3, 0.4) is 0 Å². The maximum atomic E-state index is 13.1. The fourth-order valence-electron chi connectivity index (χ4n) is 3.67. The van der Waals surface area contributed by atoms with E-state index in [-0.39, 0.29) is 17.0 Å². The van der Waals surface area contributed by atoms with Gasteiger partial charge in [-0.2, -0.15) is 0 Å². The molecule has 9 heteroatoms. The highest BCUT2D eigenvalue weighted by atomic mass is 127. The molecule has 0 spiro atoms. The first-order valence-electron chi connectivity index (χ1n) is 10.9. The van der Waals surface area contributed by atoms with Gasteiger partial charge in [0.15, 0.2) is 11.5 Å². The second kappa shape index (κ2) is 10.4. The van der Waals surface area contributed by atoms with E-state index in [0.29, 0.717) is 23.7 Å². The van der Waals surface area contributed by atoms with E-state index < -0.39 is 17.8 Å². The summed E-state index contributed by atoms with van der Waals surface area (Å²) in [5.74, 6) is -0.619. The van der Waals surface area contributed by atoms with E-state index in [2.05, 4.69) is 40.9 Å². The number of rotatable bonds is 6. The number of halogens is 1. The van der Waals surface area contributed by atoms with Gasteiger partial charge in [-0.15, -0.1) is 0 Å². The normalized spacial score (nSPS) is 14.7. The minimum absolute atomic E-state index is 0.0167. The number of imide groups is 2. The Labute approximate surface area is 221 Å². The summed E-state index contributed by atoms with van der Waals surface area (Å²) < 4.78 is 12.3. The second-order valence-corrected chi connectivity index (χ2v) is 9.38. The lowest BCUT2D eigenvalue weighted by Crippen LogP contribution is -2.54. The first kappa shape index (κ1) is 25.2. The molecule has 1 fully saturated rings. The smallest absolute Gasteiger partial charge is 0.335 e. The number of phenols is 1. The van der Waals surface area contributed by atoms with Gasteiger partial charge in [0.1, 0.15) is 17.9 Å². The minimum atomic E-state index is -0.866. The van der Waals surface area contributed by atoms with Crippen molar-refractivity contribution in [2.45, 2.75) is 20.5 Å². The van der Waals surface area contributed by atoms with E-state index in [1.165, 1.54) is 48.6 Å². The monoisotopic (exact) mass is 598 g/mol. The molecule has 0 bridgehead atoms. The Hall–Kier alpha value is -3.86. The number of barbiturate groups is 1. The van der Waals surface area contributed by atoms with Gasteiger partial charge < -0.3 is 14.6 Å². The summed E-state index contributed by atoms with van der Waals surface area (Å²) in [6.45, 7) is 4.44. The van der Waals surface area contributed by atoms with Crippen LogP contribution in [-0.4, -0.2) is 30.1 Å². The topological polar surface area (TPSA) is 105 Å². The van der Waals surface area contributed by atoms with Gasteiger partial charge in [0.2, 0.25) is 0 Å². The number of benzene rings is 3. The highest BCUT2D eigenvalue weighted by molar-refractivity contribution is 14.1. The Morgan fingerprint density at radius 3 is 2.39 bits per heavy atom. The van der Waals surface area contributed by atoms with Crippen LogP contribution in [0.2, 0.25) is 0 Å². The van der Waals surface area contributed by atoms with E-state index in [4.69, 9.17) is 9.47 Å². The van der Waals surface area contributed by atoms with Crippen LogP contribution in [0, 0.1) is 17.4 Å². The Kier molecular flexibility index (Phi) is 7.30. The number of amides is 4. The quantitative estimate of drug-likeness (QED) is 0.239. The third kappa shape index (κ3) is 5.20. The summed E-state index contributed by atoms with van der Waals surface area (Å²) in [5, 5.41) is 11.7. The zero-order valence-corrected chi connectivity index (χ0v) is 22.0. The van der Waals surface area contributed by atoms with Crippen LogP contribution in [0.4, 0.5) is 10.5 Å². The molecule has 0 saturated carbocycles. The number of ether oxygens (including phenoxy) is 2. The lowest BCUT2D eigenvalue weighted by molar-refractivity contribution is -0.122. The van der Waals surface area contributed by atoms with Crippen LogP contribution in [0.15, 0.2) is 60.2 Å². The molecule has 4 rings (SSSR count). The van der Waals surface area contributed by atoms with Gasteiger partial charge >= 0.3 is 6.03 Å². The Bertz CT molecular complexity index is 1400. The number of nitrogens with one attached hydrogen (secondary N) is 1. The largest absolute Gasteiger partial charge is 0.508 e. The fraction of sp³-hybridized carbons (Fsp3) is 0.148. The Morgan fingerprint density at radius 1 is 1.00 bits per heavy atom. The highest BCUT2D eigenvalue weighted by Gasteiger charge is 2.36. The van der Waals surface area contributed by atoms with E-state index in [1.54, 1.807) is 12.1 Å². The van der Waals surface area contributed by atoms with Crippen molar-refractivity contribution < 1.29 is 29.0 Å². The van der Waals surface area contributed by atoms with Crippen molar-refractivity contribution in [1.29, 1.82) is 0 Å². The molecule has 2 N–H and O–H groups in total. The molecule has 1 aliphatic rings. The lowest BCUT2D eigenvalue weighted by Gasteiger charge is -2.26. The molecule has 8 nitrogen and oxygen atoms in total. The van der Waals surface area contributed by atoms with Gasteiger partial charge in [0.25, 0.3) is 11.8 Å². The van der Waals surface area contributed by atoms with Gasteiger partial charge in [-0.1, -0.05) is 18.2 Å². The molecule has 1 heterocycles. The molecule has 1 aliphatic heterocycles. The summed E-state index contributed by atoms with van der Waals surface area (Å²) in [5.41, 5.74) is 3.92. The van der Waals surface area contributed by atoms with Crippen LogP contribution in [0.25, 0.3) is 6.08 Å². The average Bonchev–Trinajstić information content (AvgIpc) is 2.84. The zero-order chi connectivity index (χ0) is 26.0. The summed E-state index contributed by atoms with van der Waals surface area (Å²) in [6, 6.07) is 14.2. The molecule has 0 aromatic heterocycles. The molecule has 0 atom stereocenters. The van der Waals surface area contributed by atoms with Crippen LogP contribution >= 0.6 is 22.6 Å². The number of methoxy groups -OCH3 is 1. The fourth-order valence-corrected chi connectivity index (χ4v) is 4.45. The van der Waals surface area contributed by atoms with Crippen molar-refractivity contribution in [1.82, 2.24) is 5.32 Å². The molecule has 3 aromatic rings. The first-order valence-corrected chi connectivity index (χ1v) is 12.0. The predicted octanol–water partition coefficient (Wildman–Crippen LogP) is 4.87. The minimum Gasteiger partial charge on any atom is -0.508 e. The number of urea groups is 1. The molecule has 3 aromatic carbocycles. The SMILES string of the molecule is COc1cc(/C=C2\C(=O)NC(=O)N(c3ccc(O)cc3)C2=O)cc(I)c1OCc1ccc(C)c(C)c1. The number of phenolic OH excluding ortho intramolecular Hbond substituents is 1. The van der Waals surface area contributed by atoms with E-state index in [9.17, 15) is 19.5 Å². The van der Waals surface area contributed by atoms with Crippen molar-refractivity contribution in [3.63, 3.8) is 0 Å². The molecule has 4 amide bonds. The van der Waals surface area contributed by atoms with Gasteiger partial charge in [-0.05, 0) is 101 Å². The van der Waals surface area contributed by atoms with Gasteiger partial charge in [-0.3, -0.25) is 14.9 Å². The summed E-state index contributed by atoms with van der Waals surface area (Å²) >= 11 is 2.11. The molecular weight excluding hydrogens is 575 g/mol. The first-order chi connectivity index (χ1) is 17.2. The zero-order valence-electron chi connectivity index (χ0n) is 19.8. The number of carbonyl (C=O) groups excluding carboxylic acids is 3. The molecule has 36 heavy (non-hydrogen) atoms. The Morgan fingerprint density at radius 2 is 1.72 bits per heavy atom. The van der Waals surface area contributed by atoms with E-state index in [0.717, 1.165) is 14.0 Å². The number of anilines is 1. The third-order valence-corrected chi connectivity index (χ3v) is 6.53. The number of nitrogens with zero attached hydrogens (tertiary/aromatic N) is 1. The third-order valence-electron chi connectivity index (χ3n) is 5.73. The standard InChI is InChI=1S/C27H23IN2O6/c1-15-4-5-17(10-16(15)2)14-36-24-22(28)12-18(13-23(24)35-3)11-21-25(32)29-27(34)30(26(21)33)19-6-8-20(31)9-7-19/h4-13,31H,14H2,1-3H3,(H,29,32,34)/b21-11+. The highest BCUT2D eigenvalue weighted by Crippen LogP contribution is 2.35. The van der Waals surface area contributed by atoms with Crippen molar-refractivity contribution in [2.24, 2.45) is 0 Å². The van der Waals surface area contributed by atoms with Crippen molar-refractivity contribution in [3.05, 3.63) is 86.0 Å². The number of aryl methyl sites for hydroxylation is 2. The number of hydrogen-bond acceptors (Lipinski definition) is 6. The molecule has 184 valence electrons. The predicted molar refractivity (Wildman–Crippen MR) is 143 cm³/mol. The van der Waals surface area contributed by atoms with Gasteiger partial charge in [-0.25, -0.2) is 9.69 Å².